The first kappa shape index (κ1) is 19.5. The Morgan fingerprint density at radius 1 is 1.00 bits per heavy atom. The molecule has 5 nitrogen and oxygen atoms in total. The van der Waals surface area contributed by atoms with Crippen molar-refractivity contribution in [2.75, 3.05) is 13.2 Å². The Hall–Kier alpha value is -2.82. The normalized spacial score (nSPS) is 10.4. The maximum absolute atomic E-state index is 12.3. The van der Waals surface area contributed by atoms with Gasteiger partial charge in [0.1, 0.15) is 12.4 Å². The van der Waals surface area contributed by atoms with Crippen LogP contribution < -0.4 is 10.1 Å². The van der Waals surface area contributed by atoms with Crippen LogP contribution in [0.5, 0.6) is 5.75 Å². The van der Waals surface area contributed by atoms with Gasteiger partial charge in [0.15, 0.2) is 6.61 Å². The van der Waals surface area contributed by atoms with E-state index in [-0.39, 0.29) is 19.1 Å². The summed E-state index contributed by atoms with van der Waals surface area (Å²) in [7, 11) is 0. The molecule has 1 N–H and O–H groups in total. The summed E-state index contributed by atoms with van der Waals surface area (Å²) < 4.78 is 10.8. The molecule has 0 aliphatic rings. The monoisotopic (exact) mass is 355 g/mol. The molecule has 0 aliphatic carbocycles. The van der Waals surface area contributed by atoms with Crippen LogP contribution in [0.25, 0.3) is 0 Å². The van der Waals surface area contributed by atoms with E-state index in [1.54, 1.807) is 12.1 Å². The molecule has 0 saturated heterocycles. The van der Waals surface area contributed by atoms with Gasteiger partial charge in [-0.05, 0) is 30.5 Å². The van der Waals surface area contributed by atoms with Gasteiger partial charge < -0.3 is 14.8 Å². The molecule has 26 heavy (non-hydrogen) atoms. The van der Waals surface area contributed by atoms with E-state index in [0.717, 1.165) is 12.2 Å². The molecular formula is C21H25NO4. The second kappa shape index (κ2) is 10.2. The van der Waals surface area contributed by atoms with Crippen molar-refractivity contribution in [1.29, 1.82) is 0 Å². The summed E-state index contributed by atoms with van der Waals surface area (Å²) in [6.45, 7) is 4.71. The minimum absolute atomic E-state index is 0.246. The zero-order valence-corrected chi connectivity index (χ0v) is 15.2. The first-order chi connectivity index (χ1) is 12.6. The van der Waals surface area contributed by atoms with Crippen LogP contribution in [0.2, 0.25) is 0 Å². The van der Waals surface area contributed by atoms with E-state index < -0.39 is 5.97 Å². The van der Waals surface area contributed by atoms with Crippen molar-refractivity contribution in [3.05, 3.63) is 65.7 Å². The van der Waals surface area contributed by atoms with Gasteiger partial charge in [-0.1, -0.05) is 50.2 Å². The maximum Gasteiger partial charge on any atom is 0.339 e. The minimum Gasteiger partial charge on any atom is -0.489 e. The number of ether oxygens (including phenoxy) is 2. The summed E-state index contributed by atoms with van der Waals surface area (Å²) in [5.74, 6) is 0.405. The predicted molar refractivity (Wildman–Crippen MR) is 100.0 cm³/mol. The number of nitrogens with one attached hydrogen (secondary N) is 1. The summed E-state index contributed by atoms with van der Waals surface area (Å²) >= 11 is 0. The molecule has 0 fully saturated rings. The molecule has 0 bridgehead atoms. The Morgan fingerprint density at radius 3 is 2.42 bits per heavy atom. The largest absolute Gasteiger partial charge is 0.489 e. The number of rotatable bonds is 9. The highest BCUT2D eigenvalue weighted by Crippen LogP contribution is 2.15. The molecule has 2 aromatic carbocycles. The number of carbonyl (C=O) groups is 2. The topological polar surface area (TPSA) is 64.6 Å². The van der Waals surface area contributed by atoms with E-state index in [2.05, 4.69) is 19.2 Å². The van der Waals surface area contributed by atoms with E-state index in [9.17, 15) is 9.59 Å². The van der Waals surface area contributed by atoms with Crippen molar-refractivity contribution in [3.63, 3.8) is 0 Å². The number of carbonyl (C=O) groups excluding carboxylic acids is 2. The molecule has 0 saturated carbocycles. The quantitative estimate of drug-likeness (QED) is 0.698. The van der Waals surface area contributed by atoms with Crippen molar-refractivity contribution >= 4 is 11.9 Å². The molecule has 0 aliphatic heterocycles. The average molecular weight is 355 g/mol. The molecule has 2 aromatic rings. The number of amides is 1. The number of hydrogen-bond donors (Lipinski definition) is 1. The lowest BCUT2D eigenvalue weighted by atomic mass is 10.1. The van der Waals surface area contributed by atoms with Gasteiger partial charge in [-0.15, -0.1) is 0 Å². The molecule has 0 heterocycles. The van der Waals surface area contributed by atoms with Crippen LogP contribution in [-0.2, 0) is 16.1 Å². The maximum atomic E-state index is 12.3. The SMILES string of the molecule is CC(C)CCNC(=O)COC(=O)c1ccccc1COc1ccccc1. The molecule has 0 unspecified atom stereocenters. The third-order valence-corrected chi connectivity index (χ3v) is 3.75. The fourth-order valence-electron chi connectivity index (χ4n) is 2.28. The molecule has 0 aromatic heterocycles. The number of para-hydroxylation sites is 1. The van der Waals surface area contributed by atoms with Gasteiger partial charge in [0, 0.05) is 12.1 Å². The zero-order valence-electron chi connectivity index (χ0n) is 15.2. The third-order valence-electron chi connectivity index (χ3n) is 3.75. The molecule has 5 heteroatoms. The van der Waals surface area contributed by atoms with Crippen molar-refractivity contribution in [2.45, 2.75) is 26.9 Å². The van der Waals surface area contributed by atoms with Crippen LogP contribution in [0, 0.1) is 5.92 Å². The summed E-state index contributed by atoms with van der Waals surface area (Å²) in [6.07, 6.45) is 0.888. The average Bonchev–Trinajstić information content (AvgIpc) is 2.65. The van der Waals surface area contributed by atoms with Gasteiger partial charge in [0.25, 0.3) is 5.91 Å². The molecular weight excluding hydrogens is 330 g/mol. The first-order valence-corrected chi connectivity index (χ1v) is 8.76. The van der Waals surface area contributed by atoms with Gasteiger partial charge in [0.2, 0.25) is 0 Å². The van der Waals surface area contributed by atoms with Gasteiger partial charge in [-0.2, -0.15) is 0 Å². The van der Waals surface area contributed by atoms with E-state index in [1.165, 1.54) is 0 Å². The Bertz CT molecular complexity index is 713. The van der Waals surface area contributed by atoms with Crippen molar-refractivity contribution in [3.8, 4) is 5.75 Å². The van der Waals surface area contributed by atoms with Gasteiger partial charge >= 0.3 is 5.97 Å². The van der Waals surface area contributed by atoms with Crippen LogP contribution in [0.1, 0.15) is 36.2 Å². The lowest BCUT2D eigenvalue weighted by Crippen LogP contribution is -2.30. The van der Waals surface area contributed by atoms with Gasteiger partial charge in [0.05, 0.1) is 5.56 Å². The molecule has 138 valence electrons. The lowest BCUT2D eigenvalue weighted by Gasteiger charge is -2.11. The van der Waals surface area contributed by atoms with E-state index in [4.69, 9.17) is 9.47 Å². The van der Waals surface area contributed by atoms with Crippen LogP contribution in [0.4, 0.5) is 0 Å². The molecule has 2 rings (SSSR count). The molecule has 1 amide bonds. The summed E-state index contributed by atoms with van der Waals surface area (Å²) in [4.78, 5) is 24.0. The van der Waals surface area contributed by atoms with Crippen LogP contribution >= 0.6 is 0 Å². The Balaban J connectivity index is 1.87. The standard InChI is InChI=1S/C21H25NO4/c1-16(2)12-13-22-20(23)15-26-21(24)19-11-7-6-8-17(19)14-25-18-9-4-3-5-10-18/h3-11,16H,12-15H2,1-2H3,(H,22,23). The fraction of sp³-hybridized carbons (Fsp3) is 0.333. The highest BCUT2D eigenvalue weighted by Gasteiger charge is 2.14. The fourth-order valence-corrected chi connectivity index (χ4v) is 2.28. The third kappa shape index (κ3) is 6.59. The Morgan fingerprint density at radius 2 is 1.69 bits per heavy atom. The molecule has 0 atom stereocenters. The van der Waals surface area contributed by atoms with Crippen LogP contribution in [-0.4, -0.2) is 25.0 Å². The predicted octanol–water partition coefficient (Wildman–Crippen LogP) is 3.58. The van der Waals surface area contributed by atoms with E-state index in [1.807, 2.05) is 42.5 Å². The second-order valence-corrected chi connectivity index (χ2v) is 6.37. The number of benzene rings is 2. The van der Waals surface area contributed by atoms with Crippen molar-refractivity contribution in [1.82, 2.24) is 5.32 Å². The Labute approximate surface area is 154 Å². The number of hydrogen-bond acceptors (Lipinski definition) is 4. The summed E-state index contributed by atoms with van der Waals surface area (Å²) in [5.41, 5.74) is 1.11. The minimum atomic E-state index is -0.531. The highest BCUT2D eigenvalue weighted by atomic mass is 16.5. The number of esters is 1. The van der Waals surface area contributed by atoms with E-state index in [0.29, 0.717) is 23.6 Å². The lowest BCUT2D eigenvalue weighted by molar-refractivity contribution is -0.124. The summed E-state index contributed by atoms with van der Waals surface area (Å²) in [6, 6.07) is 16.4. The van der Waals surface area contributed by atoms with Crippen LogP contribution in [0.3, 0.4) is 0 Å². The van der Waals surface area contributed by atoms with Crippen LogP contribution in [0.15, 0.2) is 54.6 Å². The highest BCUT2D eigenvalue weighted by molar-refractivity contribution is 5.92. The first-order valence-electron chi connectivity index (χ1n) is 8.76. The Kier molecular flexibility index (Phi) is 7.68. The molecule has 0 spiro atoms. The summed E-state index contributed by atoms with van der Waals surface area (Å²) in [5, 5.41) is 2.74. The van der Waals surface area contributed by atoms with Crippen molar-refractivity contribution in [2.24, 2.45) is 5.92 Å². The zero-order chi connectivity index (χ0) is 18.8. The van der Waals surface area contributed by atoms with Crippen molar-refractivity contribution < 1.29 is 19.1 Å². The molecule has 0 radical (unpaired) electrons. The smallest absolute Gasteiger partial charge is 0.339 e. The van der Waals surface area contributed by atoms with Gasteiger partial charge in [-0.3, -0.25) is 4.79 Å². The van der Waals surface area contributed by atoms with E-state index >= 15 is 0 Å². The van der Waals surface area contributed by atoms with Gasteiger partial charge in [-0.25, -0.2) is 4.79 Å². The second-order valence-electron chi connectivity index (χ2n) is 6.37.